The molecule has 0 saturated heterocycles. The predicted molar refractivity (Wildman–Crippen MR) is 119 cm³/mol. The number of nitrogens with one attached hydrogen (secondary N) is 3. The van der Waals surface area contributed by atoms with Gasteiger partial charge in [-0.25, -0.2) is 4.79 Å². The first-order valence-electron chi connectivity index (χ1n) is 9.60. The molecule has 3 rings (SSSR count). The van der Waals surface area contributed by atoms with Crippen molar-refractivity contribution in [3.8, 4) is 11.5 Å². The Morgan fingerprint density at radius 2 is 1.84 bits per heavy atom. The first kappa shape index (κ1) is 22.0. The molecule has 0 fully saturated rings. The van der Waals surface area contributed by atoms with Gasteiger partial charge in [0.2, 0.25) is 0 Å². The van der Waals surface area contributed by atoms with Crippen LogP contribution in [0.15, 0.2) is 54.0 Å². The van der Waals surface area contributed by atoms with Crippen molar-refractivity contribution in [2.45, 2.75) is 19.9 Å². The van der Waals surface area contributed by atoms with E-state index in [2.05, 4.69) is 20.9 Å². The number of rotatable bonds is 8. The average molecular weight is 439 g/mol. The molecule has 1 aromatic carbocycles. The van der Waals surface area contributed by atoms with Crippen molar-refractivity contribution in [3.05, 3.63) is 70.2 Å². The van der Waals surface area contributed by atoms with Crippen LogP contribution in [0.2, 0.25) is 0 Å². The average Bonchev–Trinajstić information content (AvgIpc) is 3.25. The molecule has 0 spiro atoms. The Morgan fingerprint density at radius 3 is 2.55 bits per heavy atom. The van der Waals surface area contributed by atoms with E-state index in [0.29, 0.717) is 35.0 Å². The zero-order valence-electron chi connectivity index (χ0n) is 17.1. The predicted octanol–water partition coefficient (Wildman–Crippen LogP) is 4.21. The number of ether oxygens (including phenoxy) is 1. The van der Waals surface area contributed by atoms with Crippen LogP contribution < -0.4 is 20.7 Å². The van der Waals surface area contributed by atoms with Gasteiger partial charge >= 0.3 is 6.03 Å². The van der Waals surface area contributed by atoms with Gasteiger partial charge in [0.15, 0.2) is 5.78 Å². The normalized spacial score (nSPS) is 10.3. The Hall–Kier alpha value is -3.72. The van der Waals surface area contributed by atoms with Gasteiger partial charge in [-0.2, -0.15) is 0 Å². The lowest BCUT2D eigenvalue weighted by Gasteiger charge is -2.10. The SMILES string of the molecule is CCC(=O)c1sccc1NC(=O)NCc1ccc(Oc2ccnc(C(=O)NC)c2)cc1. The van der Waals surface area contributed by atoms with E-state index in [4.69, 9.17) is 4.74 Å². The van der Waals surface area contributed by atoms with Crippen LogP contribution in [-0.4, -0.2) is 29.8 Å². The highest BCUT2D eigenvalue weighted by molar-refractivity contribution is 7.12. The Bertz CT molecular complexity index is 1080. The number of carbonyl (C=O) groups is 3. The van der Waals surface area contributed by atoms with Crippen LogP contribution in [-0.2, 0) is 6.54 Å². The standard InChI is InChI=1S/C22H22N4O4S/c1-3-19(27)20-17(9-11-31-20)26-22(29)25-13-14-4-6-15(7-5-14)30-16-8-10-24-18(12-16)21(28)23-2/h4-12H,3,13H2,1-2H3,(H,23,28)(H2,25,26,29). The van der Waals surface area contributed by atoms with E-state index in [0.717, 1.165) is 5.56 Å². The molecule has 0 aliphatic heterocycles. The number of Topliss-reactive ketones (excluding diaryl/α,β-unsaturated/α-hetero) is 1. The number of benzene rings is 1. The molecular weight excluding hydrogens is 416 g/mol. The first-order chi connectivity index (χ1) is 15.0. The van der Waals surface area contributed by atoms with Crippen molar-refractivity contribution in [2.24, 2.45) is 0 Å². The molecule has 0 bridgehead atoms. The molecule has 3 aromatic rings. The number of nitrogens with zero attached hydrogens (tertiary/aromatic N) is 1. The molecule has 3 amide bonds. The molecule has 0 aliphatic carbocycles. The van der Waals surface area contributed by atoms with Crippen LogP contribution in [0.1, 0.15) is 39.1 Å². The Balaban J connectivity index is 1.54. The van der Waals surface area contributed by atoms with Gasteiger partial charge in [0, 0.05) is 32.3 Å². The number of carbonyl (C=O) groups excluding carboxylic acids is 3. The fourth-order valence-electron chi connectivity index (χ4n) is 2.67. The molecular formula is C22H22N4O4S. The van der Waals surface area contributed by atoms with E-state index in [1.165, 1.54) is 24.6 Å². The molecule has 0 aliphatic rings. The Morgan fingerprint density at radius 1 is 1.06 bits per heavy atom. The fraction of sp³-hybridized carbons (Fsp3) is 0.182. The molecule has 2 heterocycles. The molecule has 0 unspecified atom stereocenters. The third-order valence-electron chi connectivity index (χ3n) is 4.29. The highest BCUT2D eigenvalue weighted by atomic mass is 32.1. The maximum atomic E-state index is 12.2. The monoisotopic (exact) mass is 438 g/mol. The summed E-state index contributed by atoms with van der Waals surface area (Å²) in [6.45, 7) is 2.10. The zero-order valence-corrected chi connectivity index (χ0v) is 17.9. The van der Waals surface area contributed by atoms with Crippen molar-refractivity contribution in [2.75, 3.05) is 12.4 Å². The minimum absolute atomic E-state index is 0.00229. The lowest BCUT2D eigenvalue weighted by atomic mass is 10.2. The van der Waals surface area contributed by atoms with Crippen molar-refractivity contribution in [3.63, 3.8) is 0 Å². The van der Waals surface area contributed by atoms with Crippen LogP contribution in [0.25, 0.3) is 0 Å². The summed E-state index contributed by atoms with van der Waals surface area (Å²) in [7, 11) is 1.54. The Labute approximate surface area is 183 Å². The number of anilines is 1. The number of pyridine rings is 1. The third kappa shape index (κ3) is 5.89. The highest BCUT2D eigenvalue weighted by Gasteiger charge is 2.13. The van der Waals surface area contributed by atoms with Crippen molar-refractivity contribution in [1.29, 1.82) is 0 Å². The fourth-order valence-corrected chi connectivity index (χ4v) is 3.53. The second-order valence-electron chi connectivity index (χ2n) is 6.45. The summed E-state index contributed by atoms with van der Waals surface area (Å²) in [4.78, 5) is 40.3. The second-order valence-corrected chi connectivity index (χ2v) is 7.37. The van der Waals surface area contributed by atoms with Crippen LogP contribution in [0.4, 0.5) is 10.5 Å². The molecule has 3 N–H and O–H groups in total. The molecule has 160 valence electrons. The van der Waals surface area contributed by atoms with Crippen LogP contribution >= 0.6 is 11.3 Å². The molecule has 2 aromatic heterocycles. The van der Waals surface area contributed by atoms with E-state index in [-0.39, 0.29) is 23.4 Å². The van der Waals surface area contributed by atoms with E-state index in [1.807, 2.05) is 12.1 Å². The smallest absolute Gasteiger partial charge is 0.319 e. The lowest BCUT2D eigenvalue weighted by Crippen LogP contribution is -2.28. The molecule has 31 heavy (non-hydrogen) atoms. The third-order valence-corrected chi connectivity index (χ3v) is 5.25. The minimum Gasteiger partial charge on any atom is -0.457 e. The Kier molecular flexibility index (Phi) is 7.34. The number of urea groups is 1. The van der Waals surface area contributed by atoms with Crippen molar-refractivity contribution in [1.82, 2.24) is 15.6 Å². The van der Waals surface area contributed by atoms with Gasteiger partial charge in [-0.15, -0.1) is 11.3 Å². The minimum atomic E-state index is -0.387. The van der Waals surface area contributed by atoms with Gasteiger partial charge in [-0.3, -0.25) is 14.6 Å². The number of ketones is 1. The maximum absolute atomic E-state index is 12.2. The summed E-state index contributed by atoms with van der Waals surface area (Å²) in [5, 5.41) is 9.77. The number of aromatic nitrogens is 1. The summed E-state index contributed by atoms with van der Waals surface area (Å²) in [6, 6.07) is 11.7. The summed E-state index contributed by atoms with van der Waals surface area (Å²) < 4.78 is 5.76. The number of hydrogen-bond donors (Lipinski definition) is 3. The molecule has 0 saturated carbocycles. The summed E-state index contributed by atoms with van der Waals surface area (Å²) in [6.07, 6.45) is 1.89. The van der Waals surface area contributed by atoms with Crippen LogP contribution in [0.3, 0.4) is 0 Å². The number of hydrogen-bond acceptors (Lipinski definition) is 6. The maximum Gasteiger partial charge on any atom is 0.319 e. The van der Waals surface area contributed by atoms with Crippen molar-refractivity contribution >= 4 is 34.7 Å². The van der Waals surface area contributed by atoms with Gasteiger partial charge in [-0.05, 0) is 35.2 Å². The van der Waals surface area contributed by atoms with Gasteiger partial charge in [0.05, 0.1) is 10.6 Å². The van der Waals surface area contributed by atoms with Gasteiger partial charge < -0.3 is 20.7 Å². The number of amides is 3. The summed E-state index contributed by atoms with van der Waals surface area (Å²) in [5.41, 5.74) is 1.66. The molecule has 8 nitrogen and oxygen atoms in total. The van der Waals surface area contributed by atoms with Crippen LogP contribution in [0.5, 0.6) is 11.5 Å². The van der Waals surface area contributed by atoms with Gasteiger partial charge in [-0.1, -0.05) is 19.1 Å². The van der Waals surface area contributed by atoms with E-state index in [1.54, 1.807) is 42.6 Å². The van der Waals surface area contributed by atoms with Gasteiger partial charge in [0.25, 0.3) is 5.91 Å². The largest absolute Gasteiger partial charge is 0.457 e. The zero-order chi connectivity index (χ0) is 22.2. The first-order valence-corrected chi connectivity index (χ1v) is 10.5. The summed E-state index contributed by atoms with van der Waals surface area (Å²) >= 11 is 1.31. The van der Waals surface area contributed by atoms with E-state index < -0.39 is 0 Å². The lowest BCUT2D eigenvalue weighted by molar-refractivity contribution is 0.0956. The van der Waals surface area contributed by atoms with E-state index >= 15 is 0 Å². The summed E-state index contributed by atoms with van der Waals surface area (Å²) in [5.74, 6) is 0.784. The van der Waals surface area contributed by atoms with E-state index in [9.17, 15) is 14.4 Å². The topological polar surface area (TPSA) is 109 Å². The second kappa shape index (κ2) is 10.4. The van der Waals surface area contributed by atoms with Crippen LogP contribution in [0, 0.1) is 0 Å². The molecule has 9 heteroatoms. The van der Waals surface area contributed by atoms with Crippen molar-refractivity contribution < 1.29 is 19.1 Å². The number of thiophene rings is 1. The molecule has 0 radical (unpaired) electrons. The highest BCUT2D eigenvalue weighted by Crippen LogP contribution is 2.24. The quantitative estimate of drug-likeness (QED) is 0.457. The molecule has 0 atom stereocenters. The van der Waals surface area contributed by atoms with Gasteiger partial charge in [0.1, 0.15) is 17.2 Å².